The van der Waals surface area contributed by atoms with Crippen molar-refractivity contribution in [1.29, 1.82) is 0 Å². The van der Waals surface area contributed by atoms with Crippen molar-refractivity contribution in [3.05, 3.63) is 64.8 Å². The van der Waals surface area contributed by atoms with E-state index in [1.54, 1.807) is 0 Å². The Hall–Kier alpha value is -2.76. The van der Waals surface area contributed by atoms with E-state index in [1.165, 1.54) is 5.56 Å². The first-order chi connectivity index (χ1) is 11.6. The van der Waals surface area contributed by atoms with E-state index in [2.05, 4.69) is 32.2 Å². The summed E-state index contributed by atoms with van der Waals surface area (Å²) in [6.07, 6.45) is 1.61. The number of hydrogen-bond acceptors (Lipinski definition) is 6. The molecule has 0 aliphatic heterocycles. The van der Waals surface area contributed by atoms with Gasteiger partial charge in [-0.15, -0.1) is 0 Å². The molecule has 0 fully saturated rings. The molecule has 24 heavy (non-hydrogen) atoms. The van der Waals surface area contributed by atoms with Crippen LogP contribution in [0.15, 0.2) is 34.9 Å². The molecule has 3 rings (SSSR count). The number of hydrogen-bond donors (Lipinski definition) is 0. The van der Waals surface area contributed by atoms with E-state index in [0.29, 0.717) is 17.5 Å². The summed E-state index contributed by atoms with van der Waals surface area (Å²) >= 11 is 0. The zero-order chi connectivity index (χ0) is 16.9. The highest BCUT2D eigenvalue weighted by atomic mass is 16.5. The second-order valence-corrected chi connectivity index (χ2v) is 5.65. The molecule has 0 saturated carbocycles. The standard InChI is InChI=1S/C18H20N4O2/c1-12-18(13(2)20-14(3)19-12)23-11-17-21-16(22-24-17)10-9-15-7-5-4-6-8-15/h4-8H,9-11H2,1-3H3. The molecule has 0 unspecified atom stereocenters. The smallest absolute Gasteiger partial charge is 0.264 e. The van der Waals surface area contributed by atoms with Gasteiger partial charge in [0.05, 0.1) is 11.4 Å². The van der Waals surface area contributed by atoms with Gasteiger partial charge in [0.15, 0.2) is 18.2 Å². The quantitative estimate of drug-likeness (QED) is 0.693. The summed E-state index contributed by atoms with van der Waals surface area (Å²) in [4.78, 5) is 13.0. The first-order valence-electron chi connectivity index (χ1n) is 7.92. The van der Waals surface area contributed by atoms with Crippen molar-refractivity contribution >= 4 is 0 Å². The number of ether oxygens (including phenoxy) is 1. The van der Waals surface area contributed by atoms with Gasteiger partial charge in [0.2, 0.25) is 0 Å². The summed E-state index contributed by atoms with van der Waals surface area (Å²) in [6.45, 7) is 5.87. The van der Waals surface area contributed by atoms with Gasteiger partial charge >= 0.3 is 0 Å². The Labute approximate surface area is 140 Å². The van der Waals surface area contributed by atoms with E-state index in [1.807, 2.05) is 39.0 Å². The number of aromatic nitrogens is 4. The number of rotatable bonds is 6. The van der Waals surface area contributed by atoms with Crippen molar-refractivity contribution in [2.45, 2.75) is 40.2 Å². The highest BCUT2D eigenvalue weighted by molar-refractivity contribution is 5.31. The summed E-state index contributed by atoms with van der Waals surface area (Å²) in [6, 6.07) is 10.2. The third-order valence-corrected chi connectivity index (χ3v) is 3.65. The molecule has 2 heterocycles. The third kappa shape index (κ3) is 3.95. The van der Waals surface area contributed by atoms with Crippen molar-refractivity contribution in [2.75, 3.05) is 0 Å². The fraction of sp³-hybridized carbons (Fsp3) is 0.333. The second kappa shape index (κ2) is 7.21. The fourth-order valence-electron chi connectivity index (χ4n) is 2.57. The van der Waals surface area contributed by atoms with Crippen LogP contribution in [0.25, 0.3) is 0 Å². The van der Waals surface area contributed by atoms with Crippen LogP contribution in [0.3, 0.4) is 0 Å². The van der Waals surface area contributed by atoms with Crippen molar-refractivity contribution in [3.63, 3.8) is 0 Å². The van der Waals surface area contributed by atoms with E-state index >= 15 is 0 Å². The first kappa shape index (κ1) is 16.1. The molecule has 3 aromatic rings. The van der Waals surface area contributed by atoms with Crippen LogP contribution in [0.4, 0.5) is 0 Å². The molecule has 6 heteroatoms. The molecule has 6 nitrogen and oxygen atoms in total. The van der Waals surface area contributed by atoms with Gasteiger partial charge in [-0.05, 0) is 32.8 Å². The number of benzene rings is 1. The maximum absolute atomic E-state index is 5.76. The third-order valence-electron chi connectivity index (χ3n) is 3.65. The predicted octanol–water partition coefficient (Wildman–Crippen LogP) is 3.15. The molecule has 0 N–H and O–H groups in total. The molecule has 2 aromatic heterocycles. The Balaban J connectivity index is 1.58. The van der Waals surface area contributed by atoms with E-state index in [-0.39, 0.29) is 6.61 Å². The summed E-state index contributed by atoms with van der Waals surface area (Å²) in [7, 11) is 0. The van der Waals surface area contributed by atoms with Gasteiger partial charge in [-0.3, -0.25) is 0 Å². The van der Waals surface area contributed by atoms with Crippen LogP contribution in [0.5, 0.6) is 5.75 Å². The SMILES string of the molecule is Cc1nc(C)c(OCc2nc(CCc3ccccc3)no2)c(C)n1. The summed E-state index contributed by atoms with van der Waals surface area (Å²) in [5.74, 6) is 2.55. The zero-order valence-electron chi connectivity index (χ0n) is 14.1. The minimum absolute atomic E-state index is 0.215. The number of aryl methyl sites for hydroxylation is 5. The largest absolute Gasteiger partial charge is 0.480 e. The molecule has 0 radical (unpaired) electrons. The van der Waals surface area contributed by atoms with Gasteiger partial charge in [-0.1, -0.05) is 35.5 Å². The molecule has 0 amide bonds. The van der Waals surface area contributed by atoms with E-state index in [4.69, 9.17) is 9.26 Å². The molecule has 0 spiro atoms. The van der Waals surface area contributed by atoms with Crippen molar-refractivity contribution in [2.24, 2.45) is 0 Å². The molecule has 0 aliphatic carbocycles. The van der Waals surface area contributed by atoms with Gasteiger partial charge in [0.25, 0.3) is 5.89 Å². The van der Waals surface area contributed by atoms with Crippen LogP contribution >= 0.6 is 0 Å². The lowest BCUT2D eigenvalue weighted by atomic mass is 10.1. The Morgan fingerprint density at radius 1 is 0.917 bits per heavy atom. The molecular weight excluding hydrogens is 304 g/mol. The Morgan fingerprint density at radius 2 is 1.62 bits per heavy atom. The van der Waals surface area contributed by atoms with E-state index in [9.17, 15) is 0 Å². The summed E-state index contributed by atoms with van der Waals surface area (Å²) in [5.41, 5.74) is 2.87. The van der Waals surface area contributed by atoms with Crippen LogP contribution in [-0.2, 0) is 19.4 Å². The van der Waals surface area contributed by atoms with Gasteiger partial charge in [0, 0.05) is 6.42 Å². The van der Waals surface area contributed by atoms with Crippen LogP contribution < -0.4 is 4.74 Å². The van der Waals surface area contributed by atoms with Crippen LogP contribution in [0, 0.1) is 20.8 Å². The van der Waals surface area contributed by atoms with Crippen molar-refractivity contribution < 1.29 is 9.26 Å². The topological polar surface area (TPSA) is 73.9 Å². The van der Waals surface area contributed by atoms with Crippen LogP contribution in [0.1, 0.15) is 34.5 Å². The van der Waals surface area contributed by atoms with Crippen molar-refractivity contribution in [3.8, 4) is 5.75 Å². The average Bonchev–Trinajstić information content (AvgIpc) is 3.01. The van der Waals surface area contributed by atoms with Crippen LogP contribution in [0.2, 0.25) is 0 Å². The van der Waals surface area contributed by atoms with Gasteiger partial charge in [-0.25, -0.2) is 9.97 Å². The fourth-order valence-corrected chi connectivity index (χ4v) is 2.57. The molecule has 0 bridgehead atoms. The maximum atomic E-state index is 5.76. The van der Waals surface area contributed by atoms with Crippen molar-refractivity contribution in [1.82, 2.24) is 20.1 Å². The van der Waals surface area contributed by atoms with Crippen LogP contribution in [-0.4, -0.2) is 20.1 Å². The van der Waals surface area contributed by atoms with Gasteiger partial charge in [0.1, 0.15) is 5.82 Å². The lowest BCUT2D eigenvalue weighted by molar-refractivity contribution is 0.238. The Bertz CT molecular complexity index is 792. The minimum Gasteiger partial charge on any atom is -0.480 e. The minimum atomic E-state index is 0.215. The predicted molar refractivity (Wildman–Crippen MR) is 88.7 cm³/mol. The Morgan fingerprint density at radius 3 is 2.33 bits per heavy atom. The monoisotopic (exact) mass is 324 g/mol. The molecule has 0 saturated heterocycles. The maximum Gasteiger partial charge on any atom is 0.264 e. The lowest BCUT2D eigenvalue weighted by Crippen LogP contribution is -2.04. The molecule has 0 atom stereocenters. The van der Waals surface area contributed by atoms with E-state index in [0.717, 1.165) is 30.1 Å². The normalized spacial score (nSPS) is 10.8. The zero-order valence-corrected chi connectivity index (χ0v) is 14.1. The van der Waals surface area contributed by atoms with E-state index < -0.39 is 0 Å². The highest BCUT2D eigenvalue weighted by Gasteiger charge is 2.11. The first-order valence-corrected chi connectivity index (χ1v) is 7.92. The molecule has 0 aliphatic rings. The molecule has 124 valence electrons. The average molecular weight is 324 g/mol. The Kier molecular flexibility index (Phi) is 4.84. The second-order valence-electron chi connectivity index (χ2n) is 5.65. The molecule has 1 aromatic carbocycles. The van der Waals surface area contributed by atoms with Gasteiger partial charge < -0.3 is 9.26 Å². The summed E-state index contributed by atoms with van der Waals surface area (Å²) in [5, 5.41) is 4.01. The number of nitrogens with zero attached hydrogens (tertiary/aromatic N) is 4. The van der Waals surface area contributed by atoms with Gasteiger partial charge in [-0.2, -0.15) is 4.98 Å². The highest BCUT2D eigenvalue weighted by Crippen LogP contribution is 2.20. The molecular formula is C18H20N4O2. The lowest BCUT2D eigenvalue weighted by Gasteiger charge is -2.09. The summed E-state index contributed by atoms with van der Waals surface area (Å²) < 4.78 is 11.0.